The van der Waals surface area contributed by atoms with Gasteiger partial charge in [-0.25, -0.2) is 0 Å². The largest absolute Gasteiger partial charge is 0.376 e. The molecule has 0 bridgehead atoms. The van der Waals surface area contributed by atoms with Crippen LogP contribution in [0.5, 0.6) is 0 Å². The molecule has 3 rings (SSSR count). The van der Waals surface area contributed by atoms with E-state index in [0.717, 1.165) is 77.3 Å². The third-order valence-electron chi connectivity index (χ3n) is 5.63. The van der Waals surface area contributed by atoms with E-state index in [2.05, 4.69) is 22.5 Å². The van der Waals surface area contributed by atoms with Crippen LogP contribution in [0, 0.1) is 0 Å². The fourth-order valence-corrected chi connectivity index (χ4v) is 3.79. The van der Waals surface area contributed by atoms with Gasteiger partial charge in [0.15, 0.2) is 5.96 Å². The Morgan fingerprint density at radius 1 is 1.18 bits per heavy atom. The highest BCUT2D eigenvalue weighted by molar-refractivity contribution is 5.80. The predicted molar refractivity (Wildman–Crippen MR) is 111 cm³/mol. The van der Waals surface area contributed by atoms with Gasteiger partial charge >= 0.3 is 0 Å². The number of hydrogen-bond acceptors (Lipinski definition) is 4. The lowest BCUT2D eigenvalue weighted by Gasteiger charge is -2.35. The molecule has 160 valence electrons. The van der Waals surface area contributed by atoms with Crippen LogP contribution in [0.15, 0.2) is 4.99 Å². The van der Waals surface area contributed by atoms with Crippen molar-refractivity contribution in [2.24, 2.45) is 4.99 Å². The molecule has 7 heteroatoms. The molecule has 1 unspecified atom stereocenters. The second kappa shape index (κ2) is 11.6. The van der Waals surface area contributed by atoms with Crippen LogP contribution in [-0.2, 0) is 14.3 Å². The molecular weight excluding hydrogens is 356 g/mol. The van der Waals surface area contributed by atoms with E-state index in [1.807, 2.05) is 0 Å². The number of likely N-dealkylation sites (tertiary alicyclic amines) is 1. The maximum atomic E-state index is 11.8. The molecule has 28 heavy (non-hydrogen) atoms. The molecular formula is C21H38N4O3. The van der Waals surface area contributed by atoms with E-state index in [0.29, 0.717) is 31.2 Å². The molecule has 1 atom stereocenters. The summed E-state index contributed by atoms with van der Waals surface area (Å²) in [6, 6.07) is 0.446. The number of carbonyl (C=O) groups excluding carboxylic acids is 1. The van der Waals surface area contributed by atoms with Crippen molar-refractivity contribution in [1.29, 1.82) is 0 Å². The number of guanidine groups is 1. The standard InChI is InChI=1S/C21H38N4O3/c1-2-22-21(23-12-5-7-20(26)24-17-8-9-17)25-13-10-18(11-14-25)28-16-19-6-3-4-15-27-19/h17-19H,2-16H2,1H3,(H,22,23)(H,24,26). The first-order chi connectivity index (χ1) is 13.7. The van der Waals surface area contributed by atoms with Crippen molar-refractivity contribution in [2.45, 2.75) is 83.0 Å². The summed E-state index contributed by atoms with van der Waals surface area (Å²) >= 11 is 0. The van der Waals surface area contributed by atoms with E-state index in [1.165, 1.54) is 12.8 Å². The number of aliphatic imine (C=N–C) groups is 1. The van der Waals surface area contributed by atoms with Gasteiger partial charge in [-0.3, -0.25) is 9.79 Å². The fourth-order valence-electron chi connectivity index (χ4n) is 3.79. The molecule has 2 aliphatic heterocycles. The van der Waals surface area contributed by atoms with Gasteiger partial charge < -0.3 is 25.0 Å². The van der Waals surface area contributed by atoms with Crippen molar-refractivity contribution >= 4 is 11.9 Å². The summed E-state index contributed by atoms with van der Waals surface area (Å²) in [5, 5.41) is 6.43. The average molecular weight is 395 g/mol. The lowest BCUT2D eigenvalue weighted by Crippen LogP contribution is -2.47. The SMILES string of the molecule is CCNC(=NCCCC(=O)NC1CC1)N1CCC(OCC2CCCCO2)CC1. The first kappa shape index (κ1) is 21.4. The van der Waals surface area contributed by atoms with Crippen LogP contribution in [-0.4, -0.2) is 74.4 Å². The minimum Gasteiger partial charge on any atom is -0.376 e. The van der Waals surface area contributed by atoms with Crippen LogP contribution in [0.25, 0.3) is 0 Å². The minimum absolute atomic E-state index is 0.169. The zero-order valence-corrected chi connectivity index (χ0v) is 17.5. The Morgan fingerprint density at radius 2 is 2.00 bits per heavy atom. The molecule has 2 heterocycles. The number of ether oxygens (including phenoxy) is 2. The highest BCUT2D eigenvalue weighted by atomic mass is 16.5. The number of piperidine rings is 1. The van der Waals surface area contributed by atoms with Gasteiger partial charge in [0, 0.05) is 45.2 Å². The Labute approximate surface area is 169 Å². The molecule has 7 nitrogen and oxygen atoms in total. The molecule has 2 saturated heterocycles. The predicted octanol–water partition coefficient (Wildman–Crippen LogP) is 2.06. The third kappa shape index (κ3) is 7.59. The first-order valence-corrected chi connectivity index (χ1v) is 11.3. The van der Waals surface area contributed by atoms with E-state index in [-0.39, 0.29) is 5.91 Å². The average Bonchev–Trinajstić information content (AvgIpc) is 3.54. The first-order valence-electron chi connectivity index (χ1n) is 11.3. The Bertz CT molecular complexity index is 496. The number of rotatable bonds is 9. The Kier molecular flexibility index (Phi) is 8.86. The number of amides is 1. The molecule has 0 aromatic heterocycles. The number of nitrogens with one attached hydrogen (secondary N) is 2. The maximum absolute atomic E-state index is 11.8. The van der Waals surface area contributed by atoms with Crippen molar-refractivity contribution < 1.29 is 14.3 Å². The topological polar surface area (TPSA) is 75.2 Å². The van der Waals surface area contributed by atoms with Gasteiger partial charge in [0.2, 0.25) is 5.91 Å². The summed E-state index contributed by atoms with van der Waals surface area (Å²) in [5.41, 5.74) is 0. The molecule has 0 spiro atoms. The Balaban J connectivity index is 1.33. The quantitative estimate of drug-likeness (QED) is 0.356. The maximum Gasteiger partial charge on any atom is 0.220 e. The van der Waals surface area contributed by atoms with Crippen molar-refractivity contribution in [1.82, 2.24) is 15.5 Å². The van der Waals surface area contributed by atoms with Crippen molar-refractivity contribution in [3.8, 4) is 0 Å². The molecule has 3 fully saturated rings. The van der Waals surface area contributed by atoms with E-state index in [4.69, 9.17) is 14.5 Å². The van der Waals surface area contributed by atoms with Gasteiger partial charge in [0.25, 0.3) is 0 Å². The smallest absolute Gasteiger partial charge is 0.220 e. The van der Waals surface area contributed by atoms with Crippen molar-refractivity contribution in [3.05, 3.63) is 0 Å². The van der Waals surface area contributed by atoms with Crippen LogP contribution in [0.4, 0.5) is 0 Å². The highest BCUT2D eigenvalue weighted by Gasteiger charge is 2.24. The van der Waals surface area contributed by atoms with E-state index < -0.39 is 0 Å². The monoisotopic (exact) mass is 394 g/mol. The van der Waals surface area contributed by atoms with Gasteiger partial charge in [0.05, 0.1) is 18.8 Å². The van der Waals surface area contributed by atoms with Crippen LogP contribution < -0.4 is 10.6 Å². The lowest BCUT2D eigenvalue weighted by atomic mass is 10.1. The van der Waals surface area contributed by atoms with E-state index in [1.54, 1.807) is 0 Å². The molecule has 0 aromatic carbocycles. The lowest BCUT2D eigenvalue weighted by molar-refractivity contribution is -0.121. The van der Waals surface area contributed by atoms with Crippen LogP contribution in [0.2, 0.25) is 0 Å². The highest BCUT2D eigenvalue weighted by Crippen LogP contribution is 2.19. The molecule has 1 aliphatic carbocycles. The molecule has 1 amide bonds. The van der Waals surface area contributed by atoms with Gasteiger partial charge in [-0.05, 0) is 58.3 Å². The summed E-state index contributed by atoms with van der Waals surface area (Å²) in [6.07, 6.45) is 9.91. The Morgan fingerprint density at radius 3 is 2.68 bits per heavy atom. The number of carbonyl (C=O) groups is 1. The second-order valence-corrected chi connectivity index (χ2v) is 8.19. The van der Waals surface area contributed by atoms with Crippen molar-refractivity contribution in [2.75, 3.05) is 39.4 Å². The molecule has 0 radical (unpaired) electrons. The van der Waals surface area contributed by atoms with Crippen LogP contribution >= 0.6 is 0 Å². The van der Waals surface area contributed by atoms with Gasteiger partial charge in [-0.1, -0.05) is 0 Å². The number of nitrogens with zero attached hydrogens (tertiary/aromatic N) is 2. The zero-order valence-electron chi connectivity index (χ0n) is 17.5. The molecule has 3 aliphatic rings. The molecule has 2 N–H and O–H groups in total. The summed E-state index contributed by atoms with van der Waals surface area (Å²) < 4.78 is 11.9. The van der Waals surface area contributed by atoms with Crippen LogP contribution in [0.1, 0.15) is 64.7 Å². The van der Waals surface area contributed by atoms with E-state index >= 15 is 0 Å². The normalized spacial score (nSPS) is 24.2. The van der Waals surface area contributed by atoms with Crippen LogP contribution in [0.3, 0.4) is 0 Å². The van der Waals surface area contributed by atoms with Gasteiger partial charge in [0.1, 0.15) is 0 Å². The second-order valence-electron chi connectivity index (χ2n) is 8.19. The zero-order chi connectivity index (χ0) is 19.6. The fraction of sp³-hybridized carbons (Fsp3) is 0.905. The summed E-state index contributed by atoms with van der Waals surface area (Å²) in [7, 11) is 0. The van der Waals surface area contributed by atoms with Crippen molar-refractivity contribution in [3.63, 3.8) is 0 Å². The number of hydrogen-bond donors (Lipinski definition) is 2. The van der Waals surface area contributed by atoms with Gasteiger partial charge in [-0.2, -0.15) is 0 Å². The molecule has 0 aromatic rings. The minimum atomic E-state index is 0.169. The van der Waals surface area contributed by atoms with E-state index in [9.17, 15) is 4.79 Å². The third-order valence-corrected chi connectivity index (χ3v) is 5.63. The summed E-state index contributed by atoms with van der Waals surface area (Å²) in [5.74, 6) is 1.14. The summed E-state index contributed by atoms with van der Waals surface area (Å²) in [4.78, 5) is 18.8. The summed E-state index contributed by atoms with van der Waals surface area (Å²) in [6.45, 7) is 7.19. The Hall–Kier alpha value is -1.34. The van der Waals surface area contributed by atoms with Gasteiger partial charge in [-0.15, -0.1) is 0 Å². The molecule has 1 saturated carbocycles.